The fraction of sp³-hybridized carbons (Fsp3) is 0.417. The van der Waals surface area contributed by atoms with E-state index in [0.29, 0.717) is 24.5 Å². The lowest BCUT2D eigenvalue weighted by Gasteiger charge is -2.10. The largest absolute Gasteiger partial charge is 0.465 e. The zero-order valence-corrected chi connectivity index (χ0v) is 9.66. The van der Waals surface area contributed by atoms with E-state index in [0.717, 1.165) is 12.0 Å². The molecule has 0 aliphatic heterocycles. The van der Waals surface area contributed by atoms with Gasteiger partial charge in [-0.3, -0.25) is 0 Å². The SMILES string of the molecule is CCCOCc1cccc(N)c1C(=O)OC. The Kier molecular flexibility index (Phi) is 4.79. The number of nitrogen functional groups attached to an aromatic ring is 1. The monoisotopic (exact) mass is 223 g/mol. The zero-order valence-electron chi connectivity index (χ0n) is 9.66. The zero-order chi connectivity index (χ0) is 12.0. The Labute approximate surface area is 95.3 Å². The molecule has 0 fully saturated rings. The van der Waals surface area contributed by atoms with Crippen molar-refractivity contribution >= 4 is 11.7 Å². The lowest BCUT2D eigenvalue weighted by atomic mass is 10.1. The number of hydrogen-bond donors (Lipinski definition) is 1. The van der Waals surface area contributed by atoms with Crippen LogP contribution in [0.1, 0.15) is 29.3 Å². The molecule has 0 radical (unpaired) electrons. The molecule has 0 saturated heterocycles. The Bertz CT molecular complexity index is 363. The number of benzene rings is 1. The van der Waals surface area contributed by atoms with Gasteiger partial charge < -0.3 is 15.2 Å². The summed E-state index contributed by atoms with van der Waals surface area (Å²) in [5, 5.41) is 0. The van der Waals surface area contributed by atoms with E-state index in [9.17, 15) is 4.79 Å². The van der Waals surface area contributed by atoms with Gasteiger partial charge in [0, 0.05) is 12.3 Å². The van der Waals surface area contributed by atoms with Gasteiger partial charge in [0.15, 0.2) is 0 Å². The second-order valence-electron chi connectivity index (χ2n) is 3.43. The molecule has 0 spiro atoms. The van der Waals surface area contributed by atoms with Gasteiger partial charge in [-0.1, -0.05) is 19.1 Å². The fourth-order valence-electron chi connectivity index (χ4n) is 1.42. The quantitative estimate of drug-likeness (QED) is 0.471. The van der Waals surface area contributed by atoms with E-state index in [1.54, 1.807) is 12.1 Å². The first-order chi connectivity index (χ1) is 7.70. The summed E-state index contributed by atoms with van der Waals surface area (Å²) < 4.78 is 10.1. The molecule has 88 valence electrons. The predicted octanol–water partition coefficient (Wildman–Crippen LogP) is 1.98. The van der Waals surface area contributed by atoms with Crippen LogP contribution in [0.2, 0.25) is 0 Å². The third-order valence-electron chi connectivity index (χ3n) is 2.18. The maximum atomic E-state index is 11.5. The topological polar surface area (TPSA) is 61.5 Å². The van der Waals surface area contributed by atoms with Crippen LogP contribution in [0.5, 0.6) is 0 Å². The van der Waals surface area contributed by atoms with E-state index < -0.39 is 5.97 Å². The average Bonchev–Trinajstić information content (AvgIpc) is 2.29. The van der Waals surface area contributed by atoms with Crippen molar-refractivity contribution in [2.75, 3.05) is 19.5 Å². The van der Waals surface area contributed by atoms with Gasteiger partial charge in [-0.2, -0.15) is 0 Å². The molecule has 0 aliphatic carbocycles. The number of ether oxygens (including phenoxy) is 2. The van der Waals surface area contributed by atoms with E-state index in [1.807, 2.05) is 13.0 Å². The van der Waals surface area contributed by atoms with E-state index in [-0.39, 0.29) is 0 Å². The molecule has 0 aromatic heterocycles. The van der Waals surface area contributed by atoms with Crippen molar-refractivity contribution in [3.8, 4) is 0 Å². The van der Waals surface area contributed by atoms with Gasteiger partial charge in [0.1, 0.15) is 0 Å². The molecule has 0 aliphatic rings. The fourth-order valence-corrected chi connectivity index (χ4v) is 1.42. The van der Waals surface area contributed by atoms with Crippen molar-refractivity contribution in [2.24, 2.45) is 0 Å². The minimum atomic E-state index is -0.423. The first-order valence-corrected chi connectivity index (χ1v) is 5.24. The molecule has 1 aromatic rings. The van der Waals surface area contributed by atoms with Crippen molar-refractivity contribution in [3.05, 3.63) is 29.3 Å². The van der Waals surface area contributed by atoms with Crippen LogP contribution in [0.25, 0.3) is 0 Å². The molecular weight excluding hydrogens is 206 g/mol. The van der Waals surface area contributed by atoms with Crippen LogP contribution >= 0.6 is 0 Å². The standard InChI is InChI=1S/C12H17NO3/c1-3-7-16-8-9-5-4-6-10(13)11(9)12(14)15-2/h4-6H,3,7-8,13H2,1-2H3. The van der Waals surface area contributed by atoms with Gasteiger partial charge in [-0.25, -0.2) is 4.79 Å². The summed E-state index contributed by atoms with van der Waals surface area (Å²) in [5.41, 5.74) is 7.33. The van der Waals surface area contributed by atoms with Crippen molar-refractivity contribution in [3.63, 3.8) is 0 Å². The summed E-state index contributed by atoms with van der Waals surface area (Å²) in [6, 6.07) is 5.29. The third-order valence-corrected chi connectivity index (χ3v) is 2.18. The molecule has 0 amide bonds. The van der Waals surface area contributed by atoms with Crippen molar-refractivity contribution < 1.29 is 14.3 Å². The molecular formula is C12H17NO3. The van der Waals surface area contributed by atoms with Gasteiger partial charge in [-0.05, 0) is 18.1 Å². The summed E-state index contributed by atoms with van der Waals surface area (Å²) >= 11 is 0. The molecule has 1 aromatic carbocycles. The second kappa shape index (κ2) is 6.12. The van der Waals surface area contributed by atoms with Crippen LogP contribution in [-0.4, -0.2) is 19.7 Å². The number of hydrogen-bond acceptors (Lipinski definition) is 4. The normalized spacial score (nSPS) is 10.1. The van der Waals surface area contributed by atoms with Crippen LogP contribution < -0.4 is 5.73 Å². The van der Waals surface area contributed by atoms with Crippen LogP contribution in [0, 0.1) is 0 Å². The molecule has 4 nitrogen and oxygen atoms in total. The molecule has 0 heterocycles. The Hall–Kier alpha value is -1.55. The molecule has 0 atom stereocenters. The number of carbonyl (C=O) groups excluding carboxylic acids is 1. The Morgan fingerprint density at radius 1 is 1.44 bits per heavy atom. The number of rotatable bonds is 5. The highest BCUT2D eigenvalue weighted by Gasteiger charge is 2.14. The highest BCUT2D eigenvalue weighted by Crippen LogP contribution is 2.19. The van der Waals surface area contributed by atoms with E-state index >= 15 is 0 Å². The van der Waals surface area contributed by atoms with Gasteiger partial charge in [0.25, 0.3) is 0 Å². The van der Waals surface area contributed by atoms with E-state index in [1.165, 1.54) is 7.11 Å². The van der Waals surface area contributed by atoms with Crippen molar-refractivity contribution in [1.82, 2.24) is 0 Å². The second-order valence-corrected chi connectivity index (χ2v) is 3.43. The summed E-state index contributed by atoms with van der Waals surface area (Å²) in [5.74, 6) is -0.423. The van der Waals surface area contributed by atoms with Crippen LogP contribution in [0.4, 0.5) is 5.69 Å². The summed E-state index contributed by atoms with van der Waals surface area (Å²) in [4.78, 5) is 11.5. The molecule has 0 saturated carbocycles. The van der Waals surface area contributed by atoms with Crippen molar-refractivity contribution in [2.45, 2.75) is 20.0 Å². The maximum absolute atomic E-state index is 11.5. The molecule has 1 rings (SSSR count). The lowest BCUT2D eigenvalue weighted by Crippen LogP contribution is -2.10. The number of esters is 1. The molecule has 0 bridgehead atoms. The number of anilines is 1. The average molecular weight is 223 g/mol. The lowest BCUT2D eigenvalue weighted by molar-refractivity contribution is 0.0593. The first kappa shape index (κ1) is 12.5. The Morgan fingerprint density at radius 2 is 2.19 bits per heavy atom. The number of methoxy groups -OCH3 is 1. The Morgan fingerprint density at radius 3 is 2.81 bits per heavy atom. The van der Waals surface area contributed by atoms with Crippen LogP contribution in [0.3, 0.4) is 0 Å². The minimum absolute atomic E-state index is 0.378. The smallest absolute Gasteiger partial charge is 0.340 e. The van der Waals surface area contributed by atoms with Crippen LogP contribution in [-0.2, 0) is 16.1 Å². The summed E-state index contributed by atoms with van der Waals surface area (Å²) in [6.07, 6.45) is 0.940. The first-order valence-electron chi connectivity index (χ1n) is 5.24. The molecule has 2 N–H and O–H groups in total. The van der Waals surface area contributed by atoms with Crippen molar-refractivity contribution in [1.29, 1.82) is 0 Å². The minimum Gasteiger partial charge on any atom is -0.465 e. The van der Waals surface area contributed by atoms with Gasteiger partial charge >= 0.3 is 5.97 Å². The molecule has 0 unspecified atom stereocenters. The molecule has 4 heteroatoms. The van der Waals surface area contributed by atoms with E-state index in [2.05, 4.69) is 4.74 Å². The van der Waals surface area contributed by atoms with Gasteiger partial charge in [0.2, 0.25) is 0 Å². The molecule has 16 heavy (non-hydrogen) atoms. The third kappa shape index (κ3) is 2.97. The Balaban J connectivity index is 2.89. The highest BCUT2D eigenvalue weighted by molar-refractivity contribution is 5.96. The van der Waals surface area contributed by atoms with Gasteiger partial charge in [0.05, 0.1) is 19.3 Å². The van der Waals surface area contributed by atoms with Gasteiger partial charge in [-0.15, -0.1) is 0 Å². The maximum Gasteiger partial charge on any atom is 0.340 e. The highest BCUT2D eigenvalue weighted by atomic mass is 16.5. The van der Waals surface area contributed by atoms with E-state index in [4.69, 9.17) is 10.5 Å². The summed E-state index contributed by atoms with van der Waals surface area (Å²) in [7, 11) is 1.34. The number of nitrogens with two attached hydrogens (primary N) is 1. The predicted molar refractivity (Wildman–Crippen MR) is 62.1 cm³/mol. The summed E-state index contributed by atoms with van der Waals surface area (Å²) in [6.45, 7) is 3.07. The van der Waals surface area contributed by atoms with Crippen LogP contribution in [0.15, 0.2) is 18.2 Å². The number of carbonyl (C=O) groups is 1.